The van der Waals surface area contributed by atoms with Crippen LogP contribution in [0.3, 0.4) is 0 Å². The van der Waals surface area contributed by atoms with Crippen LogP contribution in [0.15, 0.2) is 42.5 Å². The van der Waals surface area contributed by atoms with Crippen LogP contribution in [0.4, 0.5) is 5.69 Å². The van der Waals surface area contributed by atoms with Gasteiger partial charge < -0.3 is 15.4 Å². The first-order valence-corrected chi connectivity index (χ1v) is 11.2. The number of hydrogen-bond acceptors (Lipinski definition) is 4. The number of carbonyl (C=O) groups excluding carboxylic acids is 2. The molecule has 1 aliphatic heterocycles. The number of morpholine rings is 1. The first-order valence-electron chi connectivity index (χ1n) is 10.4. The summed E-state index contributed by atoms with van der Waals surface area (Å²) < 4.78 is 5.32. The molecule has 1 fully saturated rings. The SMILES string of the molecule is O=C(CCc1cccc(Cl)c1Cl)NCc1cccc(NC(=O)CCN2CCOCC2)c1. The number of nitrogens with zero attached hydrogens (tertiary/aromatic N) is 1. The van der Waals surface area contributed by atoms with E-state index in [1.54, 1.807) is 6.07 Å². The number of rotatable bonds is 9. The van der Waals surface area contributed by atoms with Gasteiger partial charge in [-0.15, -0.1) is 0 Å². The van der Waals surface area contributed by atoms with Crippen molar-refractivity contribution >= 4 is 40.7 Å². The maximum Gasteiger partial charge on any atom is 0.225 e. The third-order valence-electron chi connectivity index (χ3n) is 5.11. The zero-order valence-corrected chi connectivity index (χ0v) is 18.8. The summed E-state index contributed by atoms with van der Waals surface area (Å²) in [5.74, 6) is -0.0953. The predicted molar refractivity (Wildman–Crippen MR) is 124 cm³/mol. The van der Waals surface area contributed by atoms with Crippen LogP contribution in [-0.4, -0.2) is 49.6 Å². The summed E-state index contributed by atoms with van der Waals surface area (Å²) >= 11 is 12.2. The number of halogens is 2. The Morgan fingerprint density at radius 3 is 2.58 bits per heavy atom. The van der Waals surface area contributed by atoms with Crippen LogP contribution in [0.25, 0.3) is 0 Å². The van der Waals surface area contributed by atoms with E-state index in [4.69, 9.17) is 27.9 Å². The van der Waals surface area contributed by atoms with Crippen LogP contribution in [0.5, 0.6) is 0 Å². The number of aryl methyl sites for hydroxylation is 1. The van der Waals surface area contributed by atoms with Gasteiger partial charge in [-0.1, -0.05) is 47.5 Å². The van der Waals surface area contributed by atoms with Gasteiger partial charge in [-0.2, -0.15) is 0 Å². The molecule has 1 saturated heterocycles. The van der Waals surface area contributed by atoms with Gasteiger partial charge >= 0.3 is 0 Å². The predicted octanol–water partition coefficient (Wildman–Crippen LogP) is 3.90. The fourth-order valence-corrected chi connectivity index (χ4v) is 3.76. The summed E-state index contributed by atoms with van der Waals surface area (Å²) in [6, 6.07) is 12.9. The molecule has 0 unspecified atom stereocenters. The Bertz CT molecular complexity index is 901. The van der Waals surface area contributed by atoms with E-state index in [-0.39, 0.29) is 11.8 Å². The molecule has 0 bridgehead atoms. The minimum Gasteiger partial charge on any atom is -0.379 e. The van der Waals surface area contributed by atoms with E-state index < -0.39 is 0 Å². The molecule has 2 aromatic carbocycles. The standard InChI is InChI=1S/C23H27Cl2N3O3/c24-20-6-2-4-18(23(20)25)7-8-21(29)26-16-17-3-1-5-19(15-17)27-22(30)9-10-28-11-13-31-14-12-28/h1-6,15H,7-14,16H2,(H,26,29)(H,27,30). The average molecular weight is 464 g/mol. The van der Waals surface area contributed by atoms with Crippen molar-refractivity contribution in [3.63, 3.8) is 0 Å². The Labute approximate surface area is 192 Å². The second-order valence-corrected chi connectivity index (χ2v) is 8.23. The van der Waals surface area contributed by atoms with Gasteiger partial charge in [-0.05, 0) is 35.7 Å². The molecular weight excluding hydrogens is 437 g/mol. The lowest BCUT2D eigenvalue weighted by molar-refractivity contribution is -0.121. The van der Waals surface area contributed by atoms with Crippen LogP contribution in [0.1, 0.15) is 24.0 Å². The van der Waals surface area contributed by atoms with Crippen molar-refractivity contribution in [3.05, 3.63) is 63.6 Å². The van der Waals surface area contributed by atoms with Crippen LogP contribution in [0.2, 0.25) is 10.0 Å². The lowest BCUT2D eigenvalue weighted by Gasteiger charge is -2.26. The molecule has 8 heteroatoms. The van der Waals surface area contributed by atoms with E-state index in [1.807, 2.05) is 36.4 Å². The van der Waals surface area contributed by atoms with Crippen molar-refractivity contribution in [1.82, 2.24) is 10.2 Å². The highest BCUT2D eigenvalue weighted by Gasteiger charge is 2.12. The van der Waals surface area contributed by atoms with Gasteiger partial charge in [0.05, 0.1) is 23.3 Å². The molecule has 0 atom stereocenters. The summed E-state index contributed by atoms with van der Waals surface area (Å²) in [6.07, 6.45) is 1.27. The molecule has 1 heterocycles. The number of hydrogen-bond donors (Lipinski definition) is 2. The third-order valence-corrected chi connectivity index (χ3v) is 5.97. The fraction of sp³-hybridized carbons (Fsp3) is 0.391. The van der Waals surface area contributed by atoms with E-state index in [0.717, 1.165) is 49.7 Å². The number of anilines is 1. The van der Waals surface area contributed by atoms with Crippen LogP contribution in [0, 0.1) is 0 Å². The molecule has 6 nitrogen and oxygen atoms in total. The van der Waals surface area contributed by atoms with Crippen molar-refractivity contribution in [2.24, 2.45) is 0 Å². The quantitative estimate of drug-likeness (QED) is 0.591. The van der Waals surface area contributed by atoms with Gasteiger partial charge in [-0.3, -0.25) is 14.5 Å². The second-order valence-electron chi connectivity index (χ2n) is 7.44. The van der Waals surface area contributed by atoms with Gasteiger partial charge in [0, 0.05) is 44.7 Å². The second kappa shape index (κ2) is 12.1. The zero-order chi connectivity index (χ0) is 22.1. The number of carbonyl (C=O) groups is 2. The smallest absolute Gasteiger partial charge is 0.225 e. The van der Waals surface area contributed by atoms with E-state index in [1.165, 1.54) is 0 Å². The van der Waals surface area contributed by atoms with Gasteiger partial charge in [0.2, 0.25) is 11.8 Å². The molecule has 166 valence electrons. The Morgan fingerprint density at radius 1 is 1.00 bits per heavy atom. The summed E-state index contributed by atoms with van der Waals surface area (Å²) in [6.45, 7) is 4.29. The zero-order valence-electron chi connectivity index (χ0n) is 17.3. The molecular formula is C23H27Cl2N3O3. The molecule has 3 rings (SSSR count). The molecule has 2 N–H and O–H groups in total. The Hall–Kier alpha value is -2.12. The lowest BCUT2D eigenvalue weighted by Crippen LogP contribution is -2.38. The van der Waals surface area contributed by atoms with E-state index in [0.29, 0.717) is 35.9 Å². The van der Waals surface area contributed by atoms with Gasteiger partial charge in [-0.25, -0.2) is 0 Å². The van der Waals surface area contributed by atoms with Crippen molar-refractivity contribution in [2.75, 3.05) is 38.2 Å². The normalized spacial score (nSPS) is 14.3. The summed E-state index contributed by atoms with van der Waals surface area (Å²) in [5.41, 5.74) is 2.50. The molecule has 0 radical (unpaired) electrons. The summed E-state index contributed by atoms with van der Waals surface area (Å²) in [7, 11) is 0. The van der Waals surface area contributed by atoms with Crippen LogP contribution in [-0.2, 0) is 27.3 Å². The monoisotopic (exact) mass is 463 g/mol. The third kappa shape index (κ3) is 7.82. The molecule has 31 heavy (non-hydrogen) atoms. The Morgan fingerprint density at radius 2 is 1.77 bits per heavy atom. The van der Waals surface area contributed by atoms with Gasteiger partial charge in [0.25, 0.3) is 0 Å². The fourth-order valence-electron chi connectivity index (χ4n) is 3.35. The summed E-state index contributed by atoms with van der Waals surface area (Å²) in [5, 5.41) is 6.82. The summed E-state index contributed by atoms with van der Waals surface area (Å²) in [4.78, 5) is 26.7. The first-order chi connectivity index (χ1) is 15.0. The van der Waals surface area contributed by atoms with Crippen molar-refractivity contribution in [3.8, 4) is 0 Å². The highest BCUT2D eigenvalue weighted by molar-refractivity contribution is 6.42. The van der Waals surface area contributed by atoms with Crippen LogP contribution < -0.4 is 10.6 Å². The lowest BCUT2D eigenvalue weighted by atomic mass is 10.1. The molecule has 0 aromatic heterocycles. The molecule has 1 aliphatic rings. The van der Waals surface area contributed by atoms with Gasteiger partial charge in [0.1, 0.15) is 0 Å². The molecule has 0 aliphatic carbocycles. The molecule has 0 saturated carbocycles. The Kier molecular flexibility index (Phi) is 9.15. The maximum atomic E-state index is 12.2. The topological polar surface area (TPSA) is 70.7 Å². The van der Waals surface area contributed by atoms with Crippen molar-refractivity contribution in [1.29, 1.82) is 0 Å². The highest BCUT2D eigenvalue weighted by atomic mass is 35.5. The molecule has 0 spiro atoms. The minimum absolute atomic E-state index is 0.0222. The van der Waals surface area contributed by atoms with Gasteiger partial charge in [0.15, 0.2) is 0 Å². The van der Waals surface area contributed by atoms with E-state index >= 15 is 0 Å². The molecule has 2 amide bonds. The average Bonchev–Trinajstić information content (AvgIpc) is 2.78. The van der Waals surface area contributed by atoms with E-state index in [9.17, 15) is 9.59 Å². The number of ether oxygens (including phenoxy) is 1. The van der Waals surface area contributed by atoms with E-state index in [2.05, 4.69) is 15.5 Å². The maximum absolute atomic E-state index is 12.2. The Balaban J connectivity index is 1.41. The van der Waals surface area contributed by atoms with Crippen LogP contribution >= 0.6 is 23.2 Å². The van der Waals surface area contributed by atoms with Crippen molar-refractivity contribution in [2.45, 2.75) is 25.8 Å². The molecule has 2 aromatic rings. The minimum atomic E-state index is -0.0732. The number of nitrogens with one attached hydrogen (secondary N) is 2. The van der Waals surface area contributed by atoms with Crippen molar-refractivity contribution < 1.29 is 14.3 Å². The number of benzene rings is 2. The number of amides is 2. The largest absolute Gasteiger partial charge is 0.379 e. The highest BCUT2D eigenvalue weighted by Crippen LogP contribution is 2.26. The first kappa shape index (κ1) is 23.5.